The SMILES string of the molecule is COc1c(Br)c2c(c(Br)c1OC)C(CC(=O)OCc1ccccc1)N(C(=O)[C@H](C)NS(=O)(=O)c1ccc([N+](=O)[O-])cc1)C=C2. The van der Waals surface area contributed by atoms with E-state index in [1.165, 1.54) is 32.2 Å². The molecule has 1 unspecified atom stereocenters. The van der Waals surface area contributed by atoms with Crippen LogP contribution < -0.4 is 14.2 Å². The van der Waals surface area contributed by atoms with E-state index in [0.717, 1.165) is 29.8 Å². The first-order chi connectivity index (χ1) is 20.9. The number of nitrogens with one attached hydrogen (secondary N) is 1. The van der Waals surface area contributed by atoms with Crippen molar-refractivity contribution in [1.29, 1.82) is 0 Å². The Labute approximate surface area is 270 Å². The van der Waals surface area contributed by atoms with Crippen LogP contribution in [0.3, 0.4) is 0 Å². The molecule has 0 aliphatic carbocycles. The van der Waals surface area contributed by atoms with Gasteiger partial charge < -0.3 is 19.1 Å². The Kier molecular flexibility index (Phi) is 10.4. The molecule has 0 saturated carbocycles. The van der Waals surface area contributed by atoms with Gasteiger partial charge in [-0.2, -0.15) is 4.72 Å². The minimum Gasteiger partial charge on any atom is -0.492 e. The van der Waals surface area contributed by atoms with E-state index in [-0.39, 0.29) is 23.6 Å². The van der Waals surface area contributed by atoms with Crippen molar-refractivity contribution in [3.8, 4) is 11.5 Å². The Hall–Kier alpha value is -3.79. The molecular weight excluding hydrogens is 726 g/mol. The zero-order valence-corrected chi connectivity index (χ0v) is 27.6. The van der Waals surface area contributed by atoms with E-state index in [9.17, 15) is 28.1 Å². The van der Waals surface area contributed by atoms with Crippen molar-refractivity contribution in [2.75, 3.05) is 14.2 Å². The molecule has 0 aromatic heterocycles. The third-order valence-electron chi connectivity index (χ3n) is 6.76. The summed E-state index contributed by atoms with van der Waals surface area (Å²) in [4.78, 5) is 38.3. The van der Waals surface area contributed by atoms with E-state index in [1.807, 2.05) is 30.3 Å². The third-order valence-corrected chi connectivity index (χ3v) is 9.90. The lowest BCUT2D eigenvalue weighted by atomic mass is 9.92. The molecule has 1 heterocycles. The monoisotopic (exact) mass is 751 g/mol. The van der Waals surface area contributed by atoms with Crippen LogP contribution in [0.15, 0.2) is 74.6 Å². The number of esters is 1. The second-order valence-electron chi connectivity index (χ2n) is 9.54. The summed E-state index contributed by atoms with van der Waals surface area (Å²) >= 11 is 7.10. The zero-order valence-electron chi connectivity index (χ0n) is 23.7. The Bertz CT molecular complexity index is 1720. The first kappa shape index (κ1) is 33.1. The van der Waals surface area contributed by atoms with Crippen LogP contribution in [0.5, 0.6) is 11.5 Å². The molecule has 0 spiro atoms. The van der Waals surface area contributed by atoms with Gasteiger partial charge in [0.2, 0.25) is 15.9 Å². The van der Waals surface area contributed by atoms with E-state index >= 15 is 0 Å². The van der Waals surface area contributed by atoms with Crippen molar-refractivity contribution in [1.82, 2.24) is 9.62 Å². The summed E-state index contributed by atoms with van der Waals surface area (Å²) in [5.41, 5.74) is 1.62. The van der Waals surface area contributed by atoms with E-state index in [1.54, 1.807) is 6.08 Å². The summed E-state index contributed by atoms with van der Waals surface area (Å²) in [5, 5.41) is 11.0. The van der Waals surface area contributed by atoms with Crippen LogP contribution in [-0.2, 0) is 31.0 Å². The molecule has 44 heavy (non-hydrogen) atoms. The highest BCUT2D eigenvalue weighted by molar-refractivity contribution is 9.11. The van der Waals surface area contributed by atoms with Crippen molar-refractivity contribution in [3.05, 3.63) is 96.5 Å². The van der Waals surface area contributed by atoms with Crippen molar-refractivity contribution < 1.29 is 37.1 Å². The Balaban J connectivity index is 1.67. The molecule has 3 aromatic carbocycles. The fourth-order valence-electron chi connectivity index (χ4n) is 4.64. The van der Waals surface area contributed by atoms with Crippen LogP contribution in [-0.4, -0.2) is 50.4 Å². The Morgan fingerprint density at radius 3 is 2.23 bits per heavy atom. The number of amides is 1. The number of nitrogens with zero attached hydrogens (tertiary/aromatic N) is 2. The van der Waals surface area contributed by atoms with Crippen molar-refractivity contribution in [3.63, 3.8) is 0 Å². The van der Waals surface area contributed by atoms with Crippen molar-refractivity contribution in [2.45, 2.75) is 36.9 Å². The molecule has 1 amide bonds. The lowest BCUT2D eigenvalue weighted by molar-refractivity contribution is -0.384. The second-order valence-corrected chi connectivity index (χ2v) is 12.8. The van der Waals surface area contributed by atoms with Gasteiger partial charge >= 0.3 is 5.97 Å². The van der Waals surface area contributed by atoms with Gasteiger partial charge in [-0.05, 0) is 62.6 Å². The molecular formula is C29H27Br2N3O9S. The van der Waals surface area contributed by atoms with Crippen LogP contribution in [0.25, 0.3) is 6.08 Å². The molecule has 4 rings (SSSR count). The van der Waals surface area contributed by atoms with E-state index in [4.69, 9.17) is 14.2 Å². The van der Waals surface area contributed by atoms with Crippen LogP contribution in [0.2, 0.25) is 0 Å². The third kappa shape index (κ3) is 6.96. The predicted molar refractivity (Wildman–Crippen MR) is 167 cm³/mol. The summed E-state index contributed by atoms with van der Waals surface area (Å²) in [5.74, 6) is -0.571. The number of halogens is 2. The van der Waals surface area contributed by atoms with Gasteiger partial charge in [0.05, 0.1) is 51.5 Å². The lowest BCUT2D eigenvalue weighted by Gasteiger charge is -2.36. The topological polar surface area (TPSA) is 154 Å². The zero-order chi connectivity index (χ0) is 32.2. The molecule has 1 aliphatic heterocycles. The fourth-order valence-corrected chi connectivity index (χ4v) is 7.34. The maximum absolute atomic E-state index is 13.8. The largest absolute Gasteiger partial charge is 0.492 e. The van der Waals surface area contributed by atoms with Gasteiger partial charge in [-0.3, -0.25) is 19.7 Å². The number of ether oxygens (including phenoxy) is 3. The highest BCUT2D eigenvalue weighted by Gasteiger charge is 2.38. The summed E-state index contributed by atoms with van der Waals surface area (Å²) in [6.07, 6.45) is 2.81. The van der Waals surface area contributed by atoms with Crippen LogP contribution in [0.1, 0.15) is 36.1 Å². The number of carbonyl (C=O) groups is 2. The normalized spacial score (nSPS) is 14.8. The first-order valence-electron chi connectivity index (χ1n) is 13.0. The lowest BCUT2D eigenvalue weighted by Crippen LogP contribution is -2.47. The Morgan fingerprint density at radius 2 is 1.64 bits per heavy atom. The highest BCUT2D eigenvalue weighted by atomic mass is 79.9. The number of nitro groups is 1. The minimum absolute atomic E-state index is 0.0191. The van der Waals surface area contributed by atoms with Gasteiger partial charge in [-0.1, -0.05) is 30.3 Å². The molecule has 2 atom stereocenters. The first-order valence-corrected chi connectivity index (χ1v) is 16.1. The maximum Gasteiger partial charge on any atom is 0.308 e. The molecule has 1 aliphatic rings. The summed E-state index contributed by atoms with van der Waals surface area (Å²) in [6.45, 7) is 1.38. The fraction of sp³-hybridized carbons (Fsp3) is 0.241. The van der Waals surface area contributed by atoms with Crippen LogP contribution in [0.4, 0.5) is 5.69 Å². The number of non-ortho nitro benzene ring substituents is 1. The van der Waals surface area contributed by atoms with Gasteiger partial charge in [-0.25, -0.2) is 8.42 Å². The number of methoxy groups -OCH3 is 2. The number of hydrogen-bond donors (Lipinski definition) is 1. The smallest absolute Gasteiger partial charge is 0.308 e. The molecule has 0 bridgehead atoms. The summed E-state index contributed by atoms with van der Waals surface area (Å²) in [6, 6.07) is 11.1. The number of sulfonamides is 1. The van der Waals surface area contributed by atoms with Gasteiger partial charge in [0, 0.05) is 29.5 Å². The number of rotatable bonds is 11. The molecule has 1 N–H and O–H groups in total. The number of carbonyl (C=O) groups excluding carboxylic acids is 2. The van der Waals surface area contributed by atoms with E-state index in [0.29, 0.717) is 31.6 Å². The van der Waals surface area contributed by atoms with Gasteiger partial charge in [0.1, 0.15) is 6.61 Å². The Morgan fingerprint density at radius 1 is 1.02 bits per heavy atom. The number of fused-ring (bicyclic) bond motifs is 1. The maximum atomic E-state index is 13.8. The average molecular weight is 753 g/mol. The quantitative estimate of drug-likeness (QED) is 0.152. The highest BCUT2D eigenvalue weighted by Crippen LogP contribution is 2.51. The van der Waals surface area contributed by atoms with Crippen molar-refractivity contribution >= 4 is 65.5 Å². The van der Waals surface area contributed by atoms with E-state index < -0.39 is 38.9 Å². The molecule has 12 nitrogen and oxygen atoms in total. The summed E-state index contributed by atoms with van der Waals surface area (Å²) < 4.78 is 46.0. The number of benzene rings is 3. The van der Waals surface area contributed by atoms with Crippen molar-refractivity contribution in [2.24, 2.45) is 0 Å². The standard InChI is InChI=1S/C29H27Br2N3O9S/c1-17(32-44(39,40)20-11-9-19(10-12-20)34(37)38)29(36)33-14-13-21-24(26(31)28(42-3)27(41-2)25(21)30)22(33)15-23(35)43-16-18-7-5-4-6-8-18/h4-14,17,22,32H,15-16H2,1-3H3/t17-,22?/m0/s1. The number of nitro benzene ring substituents is 1. The molecule has 232 valence electrons. The molecule has 15 heteroatoms. The van der Waals surface area contributed by atoms with Gasteiger partial charge in [-0.15, -0.1) is 0 Å². The van der Waals surface area contributed by atoms with E-state index in [2.05, 4.69) is 36.6 Å². The molecule has 0 fully saturated rings. The van der Waals surface area contributed by atoms with Gasteiger partial charge in [0.25, 0.3) is 5.69 Å². The molecule has 0 radical (unpaired) electrons. The predicted octanol–water partition coefficient (Wildman–Crippen LogP) is 5.49. The summed E-state index contributed by atoms with van der Waals surface area (Å²) in [7, 11) is -1.33. The van der Waals surface area contributed by atoms with Crippen LogP contribution >= 0.6 is 31.9 Å². The molecule has 0 saturated heterocycles. The average Bonchev–Trinajstić information content (AvgIpc) is 3.01. The van der Waals surface area contributed by atoms with Crippen LogP contribution in [0, 0.1) is 10.1 Å². The number of hydrogen-bond acceptors (Lipinski definition) is 9. The minimum atomic E-state index is -4.25. The van der Waals surface area contributed by atoms with Gasteiger partial charge in [0.15, 0.2) is 11.5 Å². The molecule has 3 aromatic rings. The second kappa shape index (κ2) is 13.9.